The fourth-order valence-electron chi connectivity index (χ4n) is 1.62. The highest BCUT2D eigenvalue weighted by Crippen LogP contribution is 2.21. The summed E-state index contributed by atoms with van der Waals surface area (Å²) in [5.41, 5.74) is 2.61. The molecule has 90 valence electrons. The molecule has 0 fully saturated rings. The standard InChI is InChI=1S/C13H23N3/c1-6-7-10(2)12-11(9-15-16-12)8-14-13(3,4)5/h6,9-10,14H,1,7-8H2,2-5H3,(H,15,16). The van der Waals surface area contributed by atoms with E-state index in [1.807, 2.05) is 12.3 Å². The molecule has 3 nitrogen and oxygen atoms in total. The number of aromatic amines is 1. The molecule has 0 bridgehead atoms. The van der Waals surface area contributed by atoms with Crippen LogP contribution < -0.4 is 5.32 Å². The quantitative estimate of drug-likeness (QED) is 0.750. The summed E-state index contributed by atoms with van der Waals surface area (Å²) >= 11 is 0. The average Bonchev–Trinajstić information content (AvgIpc) is 2.61. The molecule has 1 atom stereocenters. The van der Waals surface area contributed by atoms with E-state index in [-0.39, 0.29) is 5.54 Å². The van der Waals surface area contributed by atoms with Gasteiger partial charge in [0, 0.05) is 29.3 Å². The van der Waals surface area contributed by atoms with E-state index in [4.69, 9.17) is 0 Å². The number of rotatable bonds is 5. The maximum atomic E-state index is 4.13. The molecule has 0 radical (unpaired) electrons. The van der Waals surface area contributed by atoms with Crippen molar-refractivity contribution in [2.75, 3.05) is 0 Å². The normalized spacial score (nSPS) is 13.8. The van der Waals surface area contributed by atoms with Gasteiger partial charge >= 0.3 is 0 Å². The fourth-order valence-corrected chi connectivity index (χ4v) is 1.62. The third kappa shape index (κ3) is 3.81. The lowest BCUT2D eigenvalue weighted by Crippen LogP contribution is -2.35. The lowest BCUT2D eigenvalue weighted by Gasteiger charge is -2.21. The van der Waals surface area contributed by atoms with Gasteiger partial charge in [-0.15, -0.1) is 6.58 Å². The van der Waals surface area contributed by atoms with Crippen molar-refractivity contribution in [3.05, 3.63) is 30.1 Å². The van der Waals surface area contributed by atoms with Crippen LogP contribution in [-0.2, 0) is 6.54 Å². The maximum absolute atomic E-state index is 4.13. The number of aromatic nitrogens is 2. The first-order valence-corrected chi connectivity index (χ1v) is 5.82. The Morgan fingerprint density at radius 2 is 2.25 bits per heavy atom. The van der Waals surface area contributed by atoms with E-state index in [0.717, 1.165) is 13.0 Å². The first-order valence-electron chi connectivity index (χ1n) is 5.82. The summed E-state index contributed by atoms with van der Waals surface area (Å²) in [5, 5.41) is 10.7. The van der Waals surface area contributed by atoms with Crippen molar-refractivity contribution in [2.45, 2.75) is 52.1 Å². The predicted molar refractivity (Wildman–Crippen MR) is 68.4 cm³/mol. The molecule has 3 heteroatoms. The molecular weight excluding hydrogens is 198 g/mol. The van der Waals surface area contributed by atoms with Crippen molar-refractivity contribution < 1.29 is 0 Å². The molecule has 16 heavy (non-hydrogen) atoms. The van der Waals surface area contributed by atoms with Gasteiger partial charge in [-0.2, -0.15) is 5.10 Å². The van der Waals surface area contributed by atoms with Crippen molar-refractivity contribution in [3.8, 4) is 0 Å². The highest BCUT2D eigenvalue weighted by Gasteiger charge is 2.14. The fraction of sp³-hybridized carbons (Fsp3) is 0.615. The van der Waals surface area contributed by atoms with Crippen LogP contribution in [0.25, 0.3) is 0 Å². The summed E-state index contributed by atoms with van der Waals surface area (Å²) in [4.78, 5) is 0. The number of nitrogens with zero attached hydrogens (tertiary/aromatic N) is 1. The molecule has 0 spiro atoms. The Morgan fingerprint density at radius 3 is 2.81 bits per heavy atom. The molecule has 1 aromatic heterocycles. The van der Waals surface area contributed by atoms with Gasteiger partial charge in [-0.25, -0.2) is 0 Å². The zero-order chi connectivity index (χ0) is 12.2. The number of hydrogen-bond acceptors (Lipinski definition) is 2. The number of hydrogen-bond donors (Lipinski definition) is 2. The van der Waals surface area contributed by atoms with Crippen molar-refractivity contribution in [2.24, 2.45) is 0 Å². The maximum Gasteiger partial charge on any atom is 0.0535 e. The molecule has 1 rings (SSSR count). The smallest absolute Gasteiger partial charge is 0.0535 e. The lowest BCUT2D eigenvalue weighted by atomic mass is 10.00. The molecule has 0 saturated carbocycles. The number of H-pyrrole nitrogens is 1. The first kappa shape index (κ1) is 13.0. The minimum absolute atomic E-state index is 0.135. The summed E-state index contributed by atoms with van der Waals surface area (Å²) in [6.07, 6.45) is 4.84. The van der Waals surface area contributed by atoms with Crippen LogP contribution in [0.3, 0.4) is 0 Å². The van der Waals surface area contributed by atoms with Gasteiger partial charge in [0.2, 0.25) is 0 Å². The van der Waals surface area contributed by atoms with E-state index in [2.05, 4.69) is 49.8 Å². The highest BCUT2D eigenvalue weighted by atomic mass is 15.1. The average molecular weight is 221 g/mol. The predicted octanol–water partition coefficient (Wildman–Crippen LogP) is 2.98. The molecule has 0 aliphatic carbocycles. The monoisotopic (exact) mass is 221 g/mol. The van der Waals surface area contributed by atoms with Crippen molar-refractivity contribution in [1.29, 1.82) is 0 Å². The molecular formula is C13H23N3. The zero-order valence-electron chi connectivity index (χ0n) is 10.8. The molecule has 1 heterocycles. The van der Waals surface area contributed by atoms with E-state index in [1.165, 1.54) is 11.3 Å². The lowest BCUT2D eigenvalue weighted by molar-refractivity contribution is 0.423. The third-order valence-electron chi connectivity index (χ3n) is 2.57. The second kappa shape index (κ2) is 5.30. The molecule has 0 saturated heterocycles. The molecule has 2 N–H and O–H groups in total. The Bertz CT molecular complexity index is 333. The Labute approximate surface area is 98.3 Å². The molecule has 1 aromatic rings. The van der Waals surface area contributed by atoms with Gasteiger partial charge in [0.1, 0.15) is 0 Å². The van der Waals surface area contributed by atoms with Gasteiger partial charge in [-0.1, -0.05) is 13.0 Å². The molecule has 1 unspecified atom stereocenters. The van der Waals surface area contributed by atoms with Crippen LogP contribution in [0.5, 0.6) is 0 Å². The van der Waals surface area contributed by atoms with Gasteiger partial charge in [0.25, 0.3) is 0 Å². The van der Waals surface area contributed by atoms with Gasteiger partial charge in [-0.3, -0.25) is 5.10 Å². The SMILES string of the molecule is C=CCC(C)c1[nH]ncc1CNC(C)(C)C. The Hall–Kier alpha value is -1.09. The van der Waals surface area contributed by atoms with E-state index < -0.39 is 0 Å². The first-order chi connectivity index (χ1) is 7.44. The minimum Gasteiger partial charge on any atom is -0.308 e. The molecule has 0 amide bonds. The summed E-state index contributed by atoms with van der Waals surface area (Å²) < 4.78 is 0. The number of allylic oxidation sites excluding steroid dienone is 1. The molecule has 0 aromatic carbocycles. The van der Waals surface area contributed by atoms with Crippen LogP contribution in [0.15, 0.2) is 18.9 Å². The van der Waals surface area contributed by atoms with Crippen LogP contribution in [0.1, 0.15) is 51.3 Å². The minimum atomic E-state index is 0.135. The van der Waals surface area contributed by atoms with Gasteiger partial charge in [-0.05, 0) is 27.2 Å². The summed E-state index contributed by atoms with van der Waals surface area (Å²) in [5.74, 6) is 0.455. The summed E-state index contributed by atoms with van der Waals surface area (Å²) in [6.45, 7) is 13.3. The summed E-state index contributed by atoms with van der Waals surface area (Å²) in [7, 11) is 0. The summed E-state index contributed by atoms with van der Waals surface area (Å²) in [6, 6.07) is 0. The van der Waals surface area contributed by atoms with Gasteiger partial charge in [0.05, 0.1) is 6.20 Å². The van der Waals surface area contributed by atoms with Crippen molar-refractivity contribution in [1.82, 2.24) is 15.5 Å². The molecule has 0 aliphatic heterocycles. The van der Waals surface area contributed by atoms with Crippen LogP contribution in [0.2, 0.25) is 0 Å². The Balaban J connectivity index is 2.67. The number of nitrogens with one attached hydrogen (secondary N) is 2. The topological polar surface area (TPSA) is 40.7 Å². The zero-order valence-corrected chi connectivity index (χ0v) is 10.8. The second-order valence-electron chi connectivity index (χ2n) is 5.34. The second-order valence-corrected chi connectivity index (χ2v) is 5.34. The van der Waals surface area contributed by atoms with Gasteiger partial charge < -0.3 is 5.32 Å². The Morgan fingerprint density at radius 1 is 1.56 bits per heavy atom. The van der Waals surface area contributed by atoms with Crippen LogP contribution in [0, 0.1) is 0 Å². The van der Waals surface area contributed by atoms with E-state index in [1.54, 1.807) is 0 Å². The van der Waals surface area contributed by atoms with Gasteiger partial charge in [0.15, 0.2) is 0 Å². The highest BCUT2D eigenvalue weighted by molar-refractivity contribution is 5.20. The van der Waals surface area contributed by atoms with Crippen molar-refractivity contribution in [3.63, 3.8) is 0 Å². The van der Waals surface area contributed by atoms with E-state index in [9.17, 15) is 0 Å². The van der Waals surface area contributed by atoms with Crippen LogP contribution >= 0.6 is 0 Å². The van der Waals surface area contributed by atoms with E-state index in [0.29, 0.717) is 5.92 Å². The Kier molecular flexibility index (Phi) is 4.30. The van der Waals surface area contributed by atoms with Crippen LogP contribution in [0.4, 0.5) is 0 Å². The van der Waals surface area contributed by atoms with Crippen molar-refractivity contribution >= 4 is 0 Å². The van der Waals surface area contributed by atoms with E-state index >= 15 is 0 Å². The largest absolute Gasteiger partial charge is 0.308 e. The third-order valence-corrected chi connectivity index (χ3v) is 2.57. The van der Waals surface area contributed by atoms with Crippen LogP contribution in [-0.4, -0.2) is 15.7 Å². The molecule has 0 aliphatic rings.